The van der Waals surface area contributed by atoms with Crippen LogP contribution in [0.2, 0.25) is 0 Å². The Kier molecular flexibility index (Phi) is 5.05. The lowest BCUT2D eigenvalue weighted by molar-refractivity contribution is -0.253. The van der Waals surface area contributed by atoms with Gasteiger partial charge in [-0.25, -0.2) is 4.89 Å². The first-order chi connectivity index (χ1) is 12.2. The Morgan fingerprint density at radius 1 is 1.08 bits per heavy atom. The van der Waals surface area contributed by atoms with E-state index in [1.165, 1.54) is 29.5 Å². The molecule has 0 aliphatic heterocycles. The van der Waals surface area contributed by atoms with E-state index in [0.717, 1.165) is 16.8 Å². The molecule has 1 aromatic carbocycles. The van der Waals surface area contributed by atoms with Crippen LogP contribution in [0.25, 0.3) is 11.6 Å². The number of aromatic nitrogens is 1. The fraction of sp³-hybridized carbons (Fsp3) is 0.435. The first kappa shape index (κ1) is 18.8. The summed E-state index contributed by atoms with van der Waals surface area (Å²) in [4.78, 5) is 8.63. The van der Waals surface area contributed by atoms with Gasteiger partial charge in [-0.3, -0.25) is 10.2 Å². The van der Waals surface area contributed by atoms with Gasteiger partial charge in [0.1, 0.15) is 6.61 Å². The fourth-order valence-electron chi connectivity index (χ4n) is 3.84. The minimum atomic E-state index is 0.158. The molecule has 1 aromatic heterocycles. The summed E-state index contributed by atoms with van der Waals surface area (Å²) in [6, 6.07) is 10.8. The molecule has 0 saturated heterocycles. The fourth-order valence-corrected chi connectivity index (χ4v) is 3.84. The van der Waals surface area contributed by atoms with E-state index in [1.807, 2.05) is 12.1 Å². The number of benzene rings is 1. The Bertz CT molecular complexity index is 817. The third-order valence-corrected chi connectivity index (χ3v) is 5.72. The Morgan fingerprint density at radius 3 is 2.38 bits per heavy atom. The van der Waals surface area contributed by atoms with Crippen molar-refractivity contribution in [2.45, 2.75) is 64.9 Å². The van der Waals surface area contributed by atoms with Crippen molar-refractivity contribution in [1.82, 2.24) is 4.98 Å². The van der Waals surface area contributed by atoms with Crippen molar-refractivity contribution in [3.05, 3.63) is 64.5 Å². The molecule has 1 aliphatic rings. The molecule has 3 heteroatoms. The molecule has 0 amide bonds. The first-order valence-electron chi connectivity index (χ1n) is 9.28. The van der Waals surface area contributed by atoms with Crippen LogP contribution in [-0.2, 0) is 22.3 Å². The molecule has 1 N–H and O–H groups in total. The van der Waals surface area contributed by atoms with Gasteiger partial charge < -0.3 is 0 Å². The van der Waals surface area contributed by atoms with Crippen LogP contribution in [0.3, 0.4) is 0 Å². The van der Waals surface area contributed by atoms with Crippen molar-refractivity contribution < 1.29 is 10.1 Å². The summed E-state index contributed by atoms with van der Waals surface area (Å²) in [7, 11) is 0. The first-order valence-corrected chi connectivity index (χ1v) is 9.28. The van der Waals surface area contributed by atoms with Crippen LogP contribution in [0.15, 0.2) is 36.5 Å². The van der Waals surface area contributed by atoms with Crippen LogP contribution < -0.4 is 0 Å². The summed E-state index contributed by atoms with van der Waals surface area (Å²) < 4.78 is 0. The van der Waals surface area contributed by atoms with Crippen molar-refractivity contribution in [2.75, 3.05) is 0 Å². The maximum absolute atomic E-state index is 8.53. The van der Waals surface area contributed by atoms with Crippen molar-refractivity contribution in [3.63, 3.8) is 0 Å². The molecule has 3 nitrogen and oxygen atoms in total. The van der Waals surface area contributed by atoms with Gasteiger partial charge in [-0.2, -0.15) is 0 Å². The third kappa shape index (κ3) is 3.74. The molecule has 0 atom stereocenters. The lowest BCUT2D eigenvalue weighted by atomic mass is 9.63. The van der Waals surface area contributed by atoms with Crippen molar-refractivity contribution in [1.29, 1.82) is 0 Å². The molecule has 0 radical (unpaired) electrons. The lowest BCUT2D eigenvalue weighted by Gasteiger charge is -2.42. The summed E-state index contributed by atoms with van der Waals surface area (Å²) >= 11 is 0. The summed E-state index contributed by atoms with van der Waals surface area (Å²) in [5.74, 6) is 0. The summed E-state index contributed by atoms with van der Waals surface area (Å²) in [5, 5.41) is 8.53. The summed E-state index contributed by atoms with van der Waals surface area (Å²) in [6.07, 6.45) is 6.38. The predicted molar refractivity (Wildman–Crippen MR) is 107 cm³/mol. The number of nitrogens with zero attached hydrogens (tertiary/aromatic N) is 1. The molecule has 0 fully saturated rings. The average molecular weight is 351 g/mol. The number of allylic oxidation sites excluding steroid dienone is 1. The highest BCUT2D eigenvalue weighted by Crippen LogP contribution is 2.46. The van der Waals surface area contributed by atoms with Crippen molar-refractivity contribution in [2.24, 2.45) is 0 Å². The zero-order chi connectivity index (χ0) is 18.9. The van der Waals surface area contributed by atoms with Gasteiger partial charge in [0, 0.05) is 6.20 Å². The molecule has 0 spiro atoms. The normalized spacial score (nSPS) is 18.5. The van der Waals surface area contributed by atoms with Gasteiger partial charge in [0.05, 0.1) is 5.69 Å². The summed E-state index contributed by atoms with van der Waals surface area (Å²) in [5.41, 5.74) is 7.53. The standard InChI is InChI=1S/C23H29NO2/c1-16(21-9-7-18(14-24-21)15-26-25)12-17-6-8-19-20(13-17)23(4,5)11-10-22(19,2)3/h6-9,12-14,25H,10-11,15H2,1-5H3. The second kappa shape index (κ2) is 6.98. The van der Waals surface area contributed by atoms with Gasteiger partial charge >= 0.3 is 0 Å². The molecule has 1 aliphatic carbocycles. The molecule has 26 heavy (non-hydrogen) atoms. The molecule has 1 heterocycles. The van der Waals surface area contributed by atoms with E-state index < -0.39 is 0 Å². The van der Waals surface area contributed by atoms with Gasteiger partial charge in [-0.1, -0.05) is 52.0 Å². The number of rotatable bonds is 4. The zero-order valence-corrected chi connectivity index (χ0v) is 16.5. The van der Waals surface area contributed by atoms with Gasteiger partial charge in [0.15, 0.2) is 0 Å². The van der Waals surface area contributed by atoms with E-state index in [0.29, 0.717) is 0 Å². The summed E-state index contributed by atoms with van der Waals surface area (Å²) in [6.45, 7) is 11.6. The molecular formula is C23H29NO2. The number of hydrogen-bond acceptors (Lipinski definition) is 3. The van der Waals surface area contributed by atoms with Gasteiger partial charge in [-0.15, -0.1) is 0 Å². The SMILES string of the molecule is CC(=Cc1ccc2c(c1)C(C)(C)CCC2(C)C)c1ccc(COO)cn1. The van der Waals surface area contributed by atoms with E-state index in [2.05, 4.69) is 68.8 Å². The number of hydrogen-bond donors (Lipinski definition) is 1. The van der Waals surface area contributed by atoms with Crippen LogP contribution in [-0.4, -0.2) is 10.2 Å². The Hall–Kier alpha value is -1.97. The van der Waals surface area contributed by atoms with Crippen LogP contribution in [0.5, 0.6) is 0 Å². The van der Waals surface area contributed by atoms with E-state index >= 15 is 0 Å². The molecule has 138 valence electrons. The topological polar surface area (TPSA) is 42.4 Å². The quantitative estimate of drug-likeness (QED) is 0.544. The second-order valence-electron chi connectivity index (χ2n) is 8.73. The molecule has 0 bridgehead atoms. The van der Waals surface area contributed by atoms with E-state index in [9.17, 15) is 0 Å². The molecule has 0 unspecified atom stereocenters. The second-order valence-corrected chi connectivity index (χ2v) is 8.73. The van der Waals surface area contributed by atoms with Crippen LogP contribution >= 0.6 is 0 Å². The van der Waals surface area contributed by atoms with Gasteiger partial charge in [0.25, 0.3) is 0 Å². The van der Waals surface area contributed by atoms with Gasteiger partial charge in [0.2, 0.25) is 0 Å². The zero-order valence-electron chi connectivity index (χ0n) is 16.5. The highest BCUT2D eigenvalue weighted by atomic mass is 17.1. The minimum absolute atomic E-state index is 0.158. The molecule has 2 aromatic rings. The minimum Gasteiger partial charge on any atom is -0.256 e. The van der Waals surface area contributed by atoms with E-state index in [1.54, 1.807) is 6.20 Å². The monoisotopic (exact) mass is 351 g/mol. The Morgan fingerprint density at radius 2 is 1.77 bits per heavy atom. The highest BCUT2D eigenvalue weighted by molar-refractivity contribution is 5.79. The predicted octanol–water partition coefficient (Wildman–Crippen LogP) is 5.98. The Labute approximate surface area is 156 Å². The van der Waals surface area contributed by atoms with Crippen molar-refractivity contribution in [3.8, 4) is 0 Å². The average Bonchev–Trinajstić information content (AvgIpc) is 2.60. The molecular weight excluding hydrogens is 322 g/mol. The third-order valence-electron chi connectivity index (χ3n) is 5.72. The van der Waals surface area contributed by atoms with Crippen LogP contribution in [0.1, 0.15) is 75.4 Å². The lowest BCUT2D eigenvalue weighted by Crippen LogP contribution is -2.33. The number of pyridine rings is 1. The van der Waals surface area contributed by atoms with Gasteiger partial charge in [-0.05, 0) is 70.6 Å². The molecule has 3 rings (SSSR count). The van der Waals surface area contributed by atoms with E-state index in [-0.39, 0.29) is 17.4 Å². The van der Waals surface area contributed by atoms with E-state index in [4.69, 9.17) is 5.26 Å². The largest absolute Gasteiger partial charge is 0.256 e. The van der Waals surface area contributed by atoms with Crippen molar-refractivity contribution >= 4 is 11.6 Å². The Balaban J connectivity index is 1.94. The smallest absolute Gasteiger partial charge is 0.108 e. The van der Waals surface area contributed by atoms with Crippen LogP contribution in [0.4, 0.5) is 0 Å². The molecule has 0 saturated carbocycles. The maximum atomic E-state index is 8.53. The maximum Gasteiger partial charge on any atom is 0.108 e. The van der Waals surface area contributed by atoms with Crippen LogP contribution in [0, 0.1) is 0 Å². The highest BCUT2D eigenvalue weighted by Gasteiger charge is 2.36. The number of fused-ring (bicyclic) bond motifs is 1.